The molecule has 5 heteroatoms. The van der Waals surface area contributed by atoms with Gasteiger partial charge in [0.05, 0.1) is 23.6 Å². The number of carbonyl (C=O) groups is 1. The summed E-state index contributed by atoms with van der Waals surface area (Å²) in [5.74, 6) is -0.492. The molecule has 98 valence electrons. The molecule has 2 aromatic carbocycles. The van der Waals surface area contributed by atoms with Gasteiger partial charge in [0, 0.05) is 5.56 Å². The van der Waals surface area contributed by atoms with Crippen molar-refractivity contribution in [3.8, 4) is 16.8 Å². The lowest BCUT2D eigenvalue weighted by Crippen LogP contribution is -2.15. The van der Waals surface area contributed by atoms with Crippen molar-refractivity contribution in [3.05, 3.63) is 66.5 Å². The number of primary amides is 1. The van der Waals surface area contributed by atoms with Crippen LogP contribution in [0, 0.1) is 0 Å². The summed E-state index contributed by atoms with van der Waals surface area (Å²) < 4.78 is 1.56. The summed E-state index contributed by atoms with van der Waals surface area (Å²) in [7, 11) is 0. The standard InChI is InChI=1S/C15H12N4O/c16-15(20)13-8-4-7-12(11-5-2-1-3-6-11)14(13)19-10-9-17-18-19/h1-10H,(H2,16,20). The second-order valence-corrected chi connectivity index (χ2v) is 4.28. The Morgan fingerprint density at radius 2 is 1.85 bits per heavy atom. The minimum absolute atomic E-state index is 0.414. The number of rotatable bonds is 3. The van der Waals surface area contributed by atoms with Crippen molar-refractivity contribution in [1.29, 1.82) is 0 Å². The molecular weight excluding hydrogens is 252 g/mol. The van der Waals surface area contributed by atoms with Crippen molar-refractivity contribution >= 4 is 5.91 Å². The number of amides is 1. The van der Waals surface area contributed by atoms with Crippen molar-refractivity contribution < 1.29 is 4.79 Å². The van der Waals surface area contributed by atoms with Gasteiger partial charge >= 0.3 is 0 Å². The highest BCUT2D eigenvalue weighted by molar-refractivity contribution is 5.99. The van der Waals surface area contributed by atoms with E-state index in [4.69, 9.17) is 5.73 Å². The Bertz CT molecular complexity index is 736. The van der Waals surface area contributed by atoms with E-state index in [1.165, 1.54) is 0 Å². The fourth-order valence-corrected chi connectivity index (χ4v) is 2.17. The topological polar surface area (TPSA) is 73.8 Å². The van der Waals surface area contributed by atoms with Gasteiger partial charge in [-0.1, -0.05) is 47.7 Å². The SMILES string of the molecule is NC(=O)c1cccc(-c2ccccc2)c1-n1ccnn1. The molecular formula is C15H12N4O. The Labute approximate surface area is 115 Å². The fraction of sp³-hybridized carbons (Fsp3) is 0. The number of nitrogens with two attached hydrogens (primary N) is 1. The normalized spacial score (nSPS) is 10.4. The van der Waals surface area contributed by atoms with Crippen molar-refractivity contribution in [2.24, 2.45) is 5.73 Å². The summed E-state index contributed by atoms with van der Waals surface area (Å²) in [6.45, 7) is 0. The van der Waals surface area contributed by atoms with Crippen molar-refractivity contribution in [2.75, 3.05) is 0 Å². The van der Waals surface area contributed by atoms with Gasteiger partial charge in [-0.05, 0) is 11.6 Å². The van der Waals surface area contributed by atoms with Gasteiger partial charge in [-0.15, -0.1) is 5.10 Å². The van der Waals surface area contributed by atoms with E-state index in [2.05, 4.69) is 10.3 Å². The molecule has 2 N–H and O–H groups in total. The average molecular weight is 264 g/mol. The Balaban J connectivity index is 2.30. The quantitative estimate of drug-likeness (QED) is 0.786. The first-order valence-electron chi connectivity index (χ1n) is 6.12. The predicted molar refractivity (Wildman–Crippen MR) is 75.3 cm³/mol. The van der Waals surface area contributed by atoms with Gasteiger partial charge in [-0.2, -0.15) is 0 Å². The fourth-order valence-electron chi connectivity index (χ4n) is 2.17. The van der Waals surface area contributed by atoms with Crippen LogP contribution >= 0.6 is 0 Å². The molecule has 1 heterocycles. The van der Waals surface area contributed by atoms with E-state index >= 15 is 0 Å². The molecule has 1 aromatic heterocycles. The molecule has 3 rings (SSSR count). The van der Waals surface area contributed by atoms with Gasteiger partial charge in [0.2, 0.25) is 0 Å². The first-order valence-corrected chi connectivity index (χ1v) is 6.12. The second-order valence-electron chi connectivity index (χ2n) is 4.28. The smallest absolute Gasteiger partial charge is 0.250 e. The van der Waals surface area contributed by atoms with Crippen molar-refractivity contribution in [3.63, 3.8) is 0 Å². The summed E-state index contributed by atoms with van der Waals surface area (Å²) in [6, 6.07) is 15.2. The third-order valence-corrected chi connectivity index (χ3v) is 3.04. The second kappa shape index (κ2) is 4.97. The molecule has 0 saturated heterocycles. The maximum absolute atomic E-state index is 11.7. The predicted octanol–water partition coefficient (Wildman–Crippen LogP) is 2.03. The minimum atomic E-state index is -0.492. The molecule has 0 fully saturated rings. The highest BCUT2D eigenvalue weighted by atomic mass is 16.1. The van der Waals surface area contributed by atoms with Crippen LogP contribution in [0.3, 0.4) is 0 Å². The monoisotopic (exact) mass is 264 g/mol. The Hall–Kier alpha value is -2.95. The van der Waals surface area contributed by atoms with Crippen LogP contribution in [0.5, 0.6) is 0 Å². The molecule has 0 aliphatic heterocycles. The summed E-state index contributed by atoms with van der Waals surface area (Å²) in [5.41, 5.74) is 8.39. The number of carbonyl (C=O) groups excluding carboxylic acids is 1. The van der Waals surface area contributed by atoms with E-state index in [-0.39, 0.29) is 0 Å². The first kappa shape index (κ1) is 12.1. The molecule has 5 nitrogen and oxygen atoms in total. The van der Waals surface area contributed by atoms with Crippen LogP contribution in [-0.4, -0.2) is 20.9 Å². The minimum Gasteiger partial charge on any atom is -0.366 e. The van der Waals surface area contributed by atoms with E-state index in [0.29, 0.717) is 11.3 Å². The zero-order chi connectivity index (χ0) is 13.9. The zero-order valence-electron chi connectivity index (χ0n) is 10.6. The number of benzene rings is 2. The highest BCUT2D eigenvalue weighted by Gasteiger charge is 2.16. The van der Waals surface area contributed by atoms with E-state index in [0.717, 1.165) is 11.1 Å². The molecule has 0 bridgehead atoms. The summed E-state index contributed by atoms with van der Waals surface area (Å²) in [4.78, 5) is 11.7. The van der Waals surface area contributed by atoms with E-state index in [1.54, 1.807) is 23.1 Å². The molecule has 0 unspecified atom stereocenters. The van der Waals surface area contributed by atoms with Gasteiger partial charge in [0.25, 0.3) is 5.91 Å². The van der Waals surface area contributed by atoms with Crippen LogP contribution in [0.25, 0.3) is 16.8 Å². The Kier molecular flexibility index (Phi) is 3.01. The van der Waals surface area contributed by atoms with E-state index in [1.807, 2.05) is 42.5 Å². The molecule has 1 amide bonds. The summed E-state index contributed by atoms with van der Waals surface area (Å²) in [6.07, 6.45) is 3.25. The van der Waals surface area contributed by atoms with Crippen LogP contribution in [-0.2, 0) is 0 Å². The Morgan fingerprint density at radius 1 is 1.05 bits per heavy atom. The third kappa shape index (κ3) is 2.05. The lowest BCUT2D eigenvalue weighted by Gasteiger charge is -2.12. The van der Waals surface area contributed by atoms with Crippen LogP contribution in [0.1, 0.15) is 10.4 Å². The van der Waals surface area contributed by atoms with E-state index < -0.39 is 5.91 Å². The highest BCUT2D eigenvalue weighted by Crippen LogP contribution is 2.28. The molecule has 0 spiro atoms. The molecule has 0 aliphatic carbocycles. The number of hydrogen-bond acceptors (Lipinski definition) is 3. The van der Waals surface area contributed by atoms with Crippen LogP contribution in [0.15, 0.2) is 60.9 Å². The maximum Gasteiger partial charge on any atom is 0.250 e. The lowest BCUT2D eigenvalue weighted by atomic mass is 9.99. The largest absolute Gasteiger partial charge is 0.366 e. The van der Waals surface area contributed by atoms with Crippen LogP contribution in [0.2, 0.25) is 0 Å². The summed E-state index contributed by atoms with van der Waals surface area (Å²) >= 11 is 0. The average Bonchev–Trinajstić information content (AvgIpc) is 3.01. The van der Waals surface area contributed by atoms with Crippen molar-refractivity contribution in [1.82, 2.24) is 15.0 Å². The number of para-hydroxylation sites is 1. The first-order chi connectivity index (χ1) is 9.77. The van der Waals surface area contributed by atoms with Crippen LogP contribution < -0.4 is 5.73 Å². The van der Waals surface area contributed by atoms with Crippen molar-refractivity contribution in [2.45, 2.75) is 0 Å². The molecule has 0 saturated carbocycles. The maximum atomic E-state index is 11.7. The lowest BCUT2D eigenvalue weighted by molar-refractivity contribution is 0.1000. The van der Waals surface area contributed by atoms with Gasteiger partial charge in [0.15, 0.2) is 0 Å². The number of aromatic nitrogens is 3. The molecule has 0 atom stereocenters. The molecule has 0 radical (unpaired) electrons. The van der Waals surface area contributed by atoms with Gasteiger partial charge in [0.1, 0.15) is 0 Å². The van der Waals surface area contributed by atoms with Gasteiger partial charge in [-0.3, -0.25) is 4.79 Å². The Morgan fingerprint density at radius 3 is 2.50 bits per heavy atom. The van der Waals surface area contributed by atoms with E-state index in [9.17, 15) is 4.79 Å². The number of nitrogens with zero attached hydrogens (tertiary/aromatic N) is 3. The third-order valence-electron chi connectivity index (χ3n) is 3.04. The molecule has 0 aliphatic rings. The van der Waals surface area contributed by atoms with Crippen LogP contribution in [0.4, 0.5) is 0 Å². The zero-order valence-corrected chi connectivity index (χ0v) is 10.6. The molecule has 20 heavy (non-hydrogen) atoms. The van der Waals surface area contributed by atoms with Gasteiger partial charge < -0.3 is 5.73 Å². The molecule has 3 aromatic rings. The van der Waals surface area contributed by atoms with Gasteiger partial charge in [-0.25, -0.2) is 4.68 Å². The number of hydrogen-bond donors (Lipinski definition) is 1. The summed E-state index contributed by atoms with van der Waals surface area (Å²) in [5, 5.41) is 7.77.